The Morgan fingerprint density at radius 3 is 2.50 bits per heavy atom. The smallest absolute Gasteiger partial charge is 0.293 e. The normalized spacial score (nSPS) is 14.9. The number of carbonyl (C=O) groups excluding carboxylic acids is 2. The summed E-state index contributed by atoms with van der Waals surface area (Å²) in [6, 6.07) is 10.6. The van der Waals surface area contributed by atoms with Gasteiger partial charge in [-0.05, 0) is 95.7 Å². The average molecular weight is 588 g/mol. The van der Waals surface area contributed by atoms with Crippen LogP contribution < -0.4 is 14.2 Å². The first-order valence-electron chi connectivity index (χ1n) is 10.2. The number of amides is 2. The lowest BCUT2D eigenvalue weighted by molar-refractivity contribution is -0.123. The van der Waals surface area contributed by atoms with E-state index in [1.54, 1.807) is 30.3 Å². The van der Waals surface area contributed by atoms with Crippen molar-refractivity contribution in [1.82, 2.24) is 4.90 Å². The van der Waals surface area contributed by atoms with Crippen LogP contribution in [0.3, 0.4) is 0 Å². The summed E-state index contributed by atoms with van der Waals surface area (Å²) < 4.78 is 18.1. The van der Waals surface area contributed by atoms with Crippen LogP contribution in [0, 0.1) is 3.57 Å². The molecule has 0 aromatic heterocycles. The van der Waals surface area contributed by atoms with E-state index >= 15 is 0 Å². The number of imide groups is 1. The Kier molecular flexibility index (Phi) is 9.12. The fraction of sp³-hybridized carbons (Fsp3) is 0.304. The predicted molar refractivity (Wildman–Crippen MR) is 136 cm³/mol. The van der Waals surface area contributed by atoms with Crippen molar-refractivity contribution in [2.75, 3.05) is 26.4 Å². The molecule has 1 saturated heterocycles. The van der Waals surface area contributed by atoms with E-state index in [1.165, 1.54) is 4.90 Å². The van der Waals surface area contributed by atoms with E-state index < -0.39 is 0 Å². The maximum Gasteiger partial charge on any atom is 0.293 e. The van der Waals surface area contributed by atoms with Crippen LogP contribution in [0.25, 0.3) is 6.08 Å². The van der Waals surface area contributed by atoms with Crippen molar-refractivity contribution >= 4 is 63.2 Å². The zero-order valence-corrected chi connectivity index (χ0v) is 21.5. The molecular formula is C23H23ClINO5S. The molecule has 3 rings (SSSR count). The molecule has 170 valence electrons. The number of ether oxygens (including phenoxy) is 3. The minimum atomic E-state index is -0.334. The third kappa shape index (κ3) is 6.32. The second kappa shape index (κ2) is 11.8. The highest BCUT2D eigenvalue weighted by Crippen LogP contribution is 2.37. The van der Waals surface area contributed by atoms with Gasteiger partial charge >= 0.3 is 0 Å². The number of thioether (sulfide) groups is 1. The topological polar surface area (TPSA) is 65.1 Å². The molecule has 2 aromatic rings. The molecule has 0 aliphatic carbocycles. The quantitative estimate of drug-likeness (QED) is 0.242. The third-order valence-electron chi connectivity index (χ3n) is 4.35. The lowest BCUT2D eigenvalue weighted by Crippen LogP contribution is -2.32. The molecular weight excluding hydrogens is 565 g/mol. The third-order valence-corrected chi connectivity index (χ3v) is 6.31. The van der Waals surface area contributed by atoms with Gasteiger partial charge < -0.3 is 14.2 Å². The summed E-state index contributed by atoms with van der Waals surface area (Å²) in [5.41, 5.74) is 0.768. The van der Waals surface area contributed by atoms with E-state index in [4.69, 9.17) is 25.8 Å². The molecule has 1 aliphatic heterocycles. The largest absolute Gasteiger partial charge is 0.492 e. The van der Waals surface area contributed by atoms with Gasteiger partial charge in [0.1, 0.15) is 12.4 Å². The molecule has 0 bridgehead atoms. The summed E-state index contributed by atoms with van der Waals surface area (Å²) in [4.78, 5) is 26.7. The van der Waals surface area contributed by atoms with E-state index in [9.17, 15) is 9.59 Å². The summed E-state index contributed by atoms with van der Waals surface area (Å²) in [6.45, 7) is 5.39. The van der Waals surface area contributed by atoms with Crippen LogP contribution in [0.4, 0.5) is 4.79 Å². The maximum absolute atomic E-state index is 12.8. The van der Waals surface area contributed by atoms with Crippen LogP contribution in [-0.4, -0.2) is 42.4 Å². The van der Waals surface area contributed by atoms with Crippen molar-refractivity contribution in [3.8, 4) is 17.2 Å². The Hall–Kier alpha value is -1.91. The fourth-order valence-electron chi connectivity index (χ4n) is 2.91. The average Bonchev–Trinajstić information content (AvgIpc) is 3.02. The van der Waals surface area contributed by atoms with Crippen molar-refractivity contribution in [3.63, 3.8) is 0 Å². The van der Waals surface area contributed by atoms with Gasteiger partial charge in [-0.2, -0.15) is 0 Å². The van der Waals surface area contributed by atoms with Gasteiger partial charge in [-0.15, -0.1) is 0 Å². The highest BCUT2D eigenvalue weighted by atomic mass is 127. The second-order valence-electron chi connectivity index (χ2n) is 6.75. The van der Waals surface area contributed by atoms with E-state index in [2.05, 4.69) is 22.6 Å². The molecule has 2 amide bonds. The van der Waals surface area contributed by atoms with Crippen LogP contribution in [0.5, 0.6) is 17.2 Å². The molecule has 32 heavy (non-hydrogen) atoms. The number of nitrogens with zero attached hydrogens (tertiary/aromatic N) is 1. The molecule has 0 spiro atoms. The van der Waals surface area contributed by atoms with E-state index in [-0.39, 0.29) is 24.3 Å². The van der Waals surface area contributed by atoms with Gasteiger partial charge in [0.25, 0.3) is 11.1 Å². The molecule has 1 fully saturated rings. The minimum Gasteiger partial charge on any atom is -0.492 e. The van der Waals surface area contributed by atoms with Crippen molar-refractivity contribution in [3.05, 3.63) is 55.5 Å². The number of halogens is 2. The molecule has 0 unspecified atom stereocenters. The first-order chi connectivity index (χ1) is 15.4. The molecule has 0 saturated carbocycles. The van der Waals surface area contributed by atoms with Crippen LogP contribution in [0.15, 0.2) is 41.3 Å². The Labute approximate surface area is 210 Å². The lowest BCUT2D eigenvalue weighted by atomic mass is 10.2. The van der Waals surface area contributed by atoms with E-state index in [1.807, 2.05) is 26.0 Å². The molecule has 2 aromatic carbocycles. The maximum atomic E-state index is 12.8. The summed E-state index contributed by atoms with van der Waals surface area (Å²) in [5.74, 6) is 1.60. The van der Waals surface area contributed by atoms with Gasteiger partial charge in [-0.1, -0.05) is 18.5 Å². The monoisotopic (exact) mass is 587 g/mol. The van der Waals surface area contributed by atoms with Crippen LogP contribution in [0.1, 0.15) is 25.8 Å². The summed E-state index contributed by atoms with van der Waals surface area (Å²) in [6.07, 6.45) is 2.59. The number of rotatable bonds is 10. The number of carbonyl (C=O) groups is 2. The lowest BCUT2D eigenvalue weighted by Gasteiger charge is -2.14. The Morgan fingerprint density at radius 2 is 1.81 bits per heavy atom. The van der Waals surface area contributed by atoms with Crippen molar-refractivity contribution in [1.29, 1.82) is 0 Å². The Balaban J connectivity index is 1.71. The SMILES string of the molecule is CCCOc1c(I)cc(/C=C2\SC(=O)N(CCOc3ccc(Cl)cc3)C2=O)cc1OCC. The summed E-state index contributed by atoms with van der Waals surface area (Å²) in [5, 5.41) is 0.295. The number of hydrogen-bond donors (Lipinski definition) is 0. The molecule has 1 heterocycles. The number of hydrogen-bond acceptors (Lipinski definition) is 6. The molecule has 0 radical (unpaired) electrons. The minimum absolute atomic E-state index is 0.163. The zero-order valence-electron chi connectivity index (χ0n) is 17.7. The van der Waals surface area contributed by atoms with E-state index in [0.29, 0.717) is 40.4 Å². The molecule has 9 heteroatoms. The van der Waals surface area contributed by atoms with Gasteiger partial charge in [0.2, 0.25) is 0 Å². The van der Waals surface area contributed by atoms with Crippen LogP contribution in [0.2, 0.25) is 5.02 Å². The zero-order chi connectivity index (χ0) is 23.1. The van der Waals surface area contributed by atoms with E-state index in [0.717, 1.165) is 27.3 Å². The second-order valence-corrected chi connectivity index (χ2v) is 9.34. The fourth-order valence-corrected chi connectivity index (χ4v) is 4.68. The van der Waals surface area contributed by atoms with Crippen molar-refractivity contribution in [2.45, 2.75) is 20.3 Å². The van der Waals surface area contributed by atoms with Gasteiger partial charge in [-0.3, -0.25) is 14.5 Å². The number of benzene rings is 2. The predicted octanol–water partition coefficient (Wildman–Crippen LogP) is 6.25. The highest BCUT2D eigenvalue weighted by Gasteiger charge is 2.34. The van der Waals surface area contributed by atoms with Gasteiger partial charge in [0.05, 0.1) is 28.2 Å². The highest BCUT2D eigenvalue weighted by molar-refractivity contribution is 14.1. The van der Waals surface area contributed by atoms with Gasteiger partial charge in [-0.25, -0.2) is 0 Å². The molecule has 1 aliphatic rings. The van der Waals surface area contributed by atoms with Crippen LogP contribution in [-0.2, 0) is 4.79 Å². The van der Waals surface area contributed by atoms with Gasteiger partial charge in [0.15, 0.2) is 11.5 Å². The van der Waals surface area contributed by atoms with Crippen LogP contribution >= 0.6 is 46.0 Å². The van der Waals surface area contributed by atoms with Crippen molar-refractivity contribution in [2.24, 2.45) is 0 Å². The summed E-state index contributed by atoms with van der Waals surface area (Å²) in [7, 11) is 0. The molecule has 0 N–H and O–H groups in total. The molecule has 0 atom stereocenters. The van der Waals surface area contributed by atoms with Gasteiger partial charge in [0, 0.05) is 5.02 Å². The molecule has 6 nitrogen and oxygen atoms in total. The van der Waals surface area contributed by atoms with Crippen molar-refractivity contribution < 1.29 is 23.8 Å². The Morgan fingerprint density at radius 1 is 1.06 bits per heavy atom. The first kappa shape index (κ1) is 24.7. The first-order valence-corrected chi connectivity index (χ1v) is 12.4. The Bertz CT molecular complexity index is 1010. The summed E-state index contributed by atoms with van der Waals surface area (Å²) >= 11 is 8.97. The standard InChI is InChI=1S/C23H23ClINO5S/c1-3-10-31-21-18(25)12-15(13-19(21)29-4-2)14-20-22(27)26(23(28)32-20)9-11-30-17-7-5-16(24)6-8-17/h5-8,12-14H,3-4,9-11H2,1-2H3/b20-14-.